The van der Waals surface area contributed by atoms with Crippen LogP contribution in [0.1, 0.15) is 5.56 Å². The van der Waals surface area contributed by atoms with Gasteiger partial charge in [0, 0.05) is 10.2 Å². The Balaban J connectivity index is 1.83. The van der Waals surface area contributed by atoms with Gasteiger partial charge in [-0.1, -0.05) is 58.0 Å². The molecule has 7 heteroatoms. The Morgan fingerprint density at radius 1 is 1.09 bits per heavy atom. The first-order valence-corrected chi connectivity index (χ1v) is 8.26. The number of nitrogens with two attached hydrogens (primary N) is 1. The summed E-state index contributed by atoms with van der Waals surface area (Å²) in [5.41, 5.74) is 1.47. The number of hydrogen-bond donors (Lipinski definition) is 1. The van der Waals surface area contributed by atoms with Crippen LogP contribution >= 0.6 is 27.7 Å². The minimum atomic E-state index is -0.371. The quantitative estimate of drug-likeness (QED) is 0.553. The monoisotopic (exact) mass is 378 g/mol. The number of thioether (sulfide) groups is 1. The molecule has 1 heterocycles. The Kier molecular flexibility index (Phi) is 4.44. The highest BCUT2D eigenvalue weighted by Crippen LogP contribution is 2.28. The van der Waals surface area contributed by atoms with Crippen LogP contribution in [-0.2, 0) is 5.75 Å². The molecule has 0 saturated carbocycles. The van der Waals surface area contributed by atoms with Crippen molar-refractivity contribution in [3.63, 3.8) is 0 Å². The van der Waals surface area contributed by atoms with Crippen molar-refractivity contribution in [3.05, 3.63) is 64.4 Å². The Morgan fingerprint density at radius 2 is 1.82 bits per heavy atom. The predicted octanol–water partition coefficient (Wildman–Crippen LogP) is 3.85. The summed E-state index contributed by atoms with van der Waals surface area (Å²) in [6.07, 6.45) is 0. The average Bonchev–Trinajstić information content (AvgIpc) is 2.88. The second-order valence-electron chi connectivity index (χ2n) is 4.54. The summed E-state index contributed by atoms with van der Waals surface area (Å²) in [5.74, 6) is 6.63. The van der Waals surface area contributed by atoms with Gasteiger partial charge < -0.3 is 5.84 Å². The molecule has 3 rings (SSSR count). The highest BCUT2D eigenvalue weighted by molar-refractivity contribution is 9.10. The average molecular weight is 379 g/mol. The molecule has 0 saturated heterocycles. The second-order valence-corrected chi connectivity index (χ2v) is 6.33. The van der Waals surface area contributed by atoms with Gasteiger partial charge in [0.1, 0.15) is 5.82 Å². The SMILES string of the molecule is Nn1c(SCc2ccccc2Br)nnc1-c1ccccc1F. The molecule has 0 bridgehead atoms. The molecule has 0 amide bonds. The van der Waals surface area contributed by atoms with Gasteiger partial charge in [-0.05, 0) is 23.8 Å². The van der Waals surface area contributed by atoms with Crippen molar-refractivity contribution in [2.45, 2.75) is 10.9 Å². The fourth-order valence-corrected chi connectivity index (χ4v) is 3.43. The molecule has 2 N–H and O–H groups in total. The first-order chi connectivity index (χ1) is 10.7. The number of rotatable bonds is 4. The predicted molar refractivity (Wildman–Crippen MR) is 89.3 cm³/mol. The van der Waals surface area contributed by atoms with Gasteiger partial charge >= 0.3 is 0 Å². The van der Waals surface area contributed by atoms with Crippen LogP contribution in [0.15, 0.2) is 58.2 Å². The molecular formula is C15H12BrFN4S. The van der Waals surface area contributed by atoms with E-state index in [4.69, 9.17) is 5.84 Å². The first kappa shape index (κ1) is 15.1. The van der Waals surface area contributed by atoms with Gasteiger partial charge in [-0.15, -0.1) is 10.2 Å². The van der Waals surface area contributed by atoms with Crippen LogP contribution in [0.25, 0.3) is 11.4 Å². The van der Waals surface area contributed by atoms with Crippen LogP contribution in [0, 0.1) is 5.82 Å². The van der Waals surface area contributed by atoms with Crippen molar-refractivity contribution < 1.29 is 4.39 Å². The topological polar surface area (TPSA) is 56.7 Å². The van der Waals surface area contributed by atoms with Crippen molar-refractivity contribution in [1.82, 2.24) is 14.9 Å². The number of nitrogens with zero attached hydrogens (tertiary/aromatic N) is 3. The minimum Gasteiger partial charge on any atom is -0.335 e. The van der Waals surface area contributed by atoms with E-state index in [2.05, 4.69) is 26.1 Å². The molecule has 2 aromatic carbocycles. The summed E-state index contributed by atoms with van der Waals surface area (Å²) < 4.78 is 16.2. The van der Waals surface area contributed by atoms with Gasteiger partial charge in [-0.2, -0.15) is 0 Å². The van der Waals surface area contributed by atoms with Crippen molar-refractivity contribution in [2.75, 3.05) is 5.84 Å². The zero-order valence-electron chi connectivity index (χ0n) is 11.4. The molecule has 0 unspecified atom stereocenters. The van der Waals surface area contributed by atoms with Crippen molar-refractivity contribution in [3.8, 4) is 11.4 Å². The lowest BCUT2D eigenvalue weighted by atomic mass is 10.2. The fourth-order valence-electron chi connectivity index (χ4n) is 1.96. The third-order valence-electron chi connectivity index (χ3n) is 3.09. The molecule has 112 valence electrons. The summed E-state index contributed by atoms with van der Waals surface area (Å²) in [4.78, 5) is 0. The lowest BCUT2D eigenvalue weighted by Crippen LogP contribution is -2.12. The Morgan fingerprint density at radius 3 is 2.59 bits per heavy atom. The van der Waals surface area contributed by atoms with Crippen molar-refractivity contribution in [2.24, 2.45) is 0 Å². The summed E-state index contributed by atoms with van der Waals surface area (Å²) in [6, 6.07) is 14.3. The number of aromatic nitrogens is 3. The van der Waals surface area contributed by atoms with E-state index in [1.54, 1.807) is 18.2 Å². The standard InChI is InChI=1S/C15H12BrFN4S/c16-12-7-3-1-5-10(12)9-22-15-20-19-14(21(15)18)11-6-2-4-8-13(11)17/h1-8H,9,18H2. The Bertz CT molecular complexity index is 806. The van der Waals surface area contributed by atoms with Gasteiger partial charge in [-0.25, -0.2) is 9.07 Å². The van der Waals surface area contributed by atoms with Crippen LogP contribution in [0.3, 0.4) is 0 Å². The number of nitrogen functional groups attached to an aromatic ring is 1. The molecular weight excluding hydrogens is 367 g/mol. The normalized spacial score (nSPS) is 10.8. The smallest absolute Gasteiger partial charge is 0.210 e. The van der Waals surface area contributed by atoms with Crippen LogP contribution in [0.5, 0.6) is 0 Å². The van der Waals surface area contributed by atoms with E-state index in [9.17, 15) is 4.39 Å². The van der Waals surface area contributed by atoms with Gasteiger partial charge in [0.15, 0.2) is 5.82 Å². The zero-order valence-corrected chi connectivity index (χ0v) is 13.8. The molecule has 0 fully saturated rings. The summed E-state index contributed by atoms with van der Waals surface area (Å²) in [5, 5.41) is 8.58. The Labute approximate surface area is 139 Å². The molecule has 4 nitrogen and oxygen atoms in total. The van der Waals surface area contributed by atoms with Gasteiger partial charge in [0.2, 0.25) is 5.16 Å². The van der Waals surface area contributed by atoms with Gasteiger partial charge in [0.25, 0.3) is 0 Å². The van der Waals surface area contributed by atoms with E-state index < -0.39 is 0 Å². The molecule has 3 aromatic rings. The Hall–Kier alpha value is -1.86. The van der Waals surface area contributed by atoms with E-state index in [1.807, 2.05) is 24.3 Å². The summed E-state index contributed by atoms with van der Waals surface area (Å²) >= 11 is 4.95. The molecule has 0 atom stereocenters. The van der Waals surface area contributed by atoms with Crippen molar-refractivity contribution in [1.29, 1.82) is 0 Å². The van der Waals surface area contributed by atoms with E-state index >= 15 is 0 Å². The third kappa shape index (κ3) is 3.00. The van der Waals surface area contributed by atoms with Crippen molar-refractivity contribution >= 4 is 27.7 Å². The lowest BCUT2D eigenvalue weighted by molar-refractivity contribution is 0.629. The number of halogens is 2. The van der Waals surface area contributed by atoms with Crippen LogP contribution in [0.2, 0.25) is 0 Å². The number of hydrogen-bond acceptors (Lipinski definition) is 4. The molecule has 0 radical (unpaired) electrons. The molecule has 1 aromatic heterocycles. The zero-order chi connectivity index (χ0) is 15.5. The van der Waals surface area contributed by atoms with Crippen LogP contribution < -0.4 is 5.84 Å². The number of benzene rings is 2. The highest BCUT2D eigenvalue weighted by atomic mass is 79.9. The van der Waals surface area contributed by atoms with Gasteiger partial charge in [-0.3, -0.25) is 0 Å². The summed E-state index contributed by atoms with van der Waals surface area (Å²) in [7, 11) is 0. The third-order valence-corrected chi connectivity index (χ3v) is 4.86. The maximum absolute atomic E-state index is 13.8. The largest absolute Gasteiger partial charge is 0.335 e. The molecule has 0 aliphatic rings. The fraction of sp³-hybridized carbons (Fsp3) is 0.0667. The maximum atomic E-state index is 13.8. The molecule has 0 aliphatic carbocycles. The molecule has 0 aliphatic heterocycles. The van der Waals surface area contributed by atoms with E-state index in [0.717, 1.165) is 10.0 Å². The first-order valence-electron chi connectivity index (χ1n) is 6.48. The van der Waals surface area contributed by atoms with E-state index in [-0.39, 0.29) is 5.82 Å². The minimum absolute atomic E-state index is 0.313. The molecule has 22 heavy (non-hydrogen) atoms. The van der Waals surface area contributed by atoms with Gasteiger partial charge in [0.05, 0.1) is 5.56 Å². The second kappa shape index (κ2) is 6.50. The molecule has 0 spiro atoms. The summed E-state index contributed by atoms with van der Waals surface area (Å²) in [6.45, 7) is 0. The lowest BCUT2D eigenvalue weighted by Gasteiger charge is -2.05. The van der Waals surface area contributed by atoms with E-state index in [1.165, 1.54) is 22.5 Å². The van der Waals surface area contributed by atoms with Crippen LogP contribution in [-0.4, -0.2) is 14.9 Å². The maximum Gasteiger partial charge on any atom is 0.210 e. The highest BCUT2D eigenvalue weighted by Gasteiger charge is 2.15. The van der Waals surface area contributed by atoms with Crippen LogP contribution in [0.4, 0.5) is 4.39 Å². The van der Waals surface area contributed by atoms with E-state index in [0.29, 0.717) is 22.3 Å².